The topological polar surface area (TPSA) is 26.7 Å². The van der Waals surface area contributed by atoms with E-state index in [1.54, 1.807) is 18.2 Å². The third-order valence-electron chi connectivity index (χ3n) is 4.19. The zero-order valence-corrected chi connectivity index (χ0v) is 12.5. The van der Waals surface area contributed by atoms with Crippen LogP contribution >= 0.6 is 0 Å². The number of para-hydroxylation sites is 1. The van der Waals surface area contributed by atoms with Crippen LogP contribution in [0, 0.1) is 5.82 Å². The SMILES string of the molecule is OC(CN1CCN(c2ccccc2)CC1)c1ccccc1F. The zero-order valence-electron chi connectivity index (χ0n) is 12.5. The standard InChI is InChI=1S/C18H21FN2O/c19-17-9-5-4-8-16(17)18(22)14-20-10-12-21(13-11-20)15-6-2-1-3-7-15/h1-9,18,22H,10-14H2. The molecule has 2 aromatic rings. The molecule has 1 heterocycles. The Balaban J connectivity index is 1.55. The highest BCUT2D eigenvalue weighted by Crippen LogP contribution is 2.20. The summed E-state index contributed by atoms with van der Waals surface area (Å²) in [6, 6.07) is 16.8. The molecule has 0 spiro atoms. The lowest BCUT2D eigenvalue weighted by Crippen LogP contribution is -2.47. The first-order valence-electron chi connectivity index (χ1n) is 7.69. The van der Waals surface area contributed by atoms with Gasteiger partial charge in [-0.1, -0.05) is 36.4 Å². The van der Waals surface area contributed by atoms with Crippen LogP contribution in [0.25, 0.3) is 0 Å². The molecule has 3 rings (SSSR count). The summed E-state index contributed by atoms with van der Waals surface area (Å²) < 4.78 is 13.7. The van der Waals surface area contributed by atoms with Gasteiger partial charge in [-0.25, -0.2) is 4.39 Å². The molecule has 0 radical (unpaired) electrons. The Morgan fingerprint density at radius 3 is 2.23 bits per heavy atom. The van der Waals surface area contributed by atoms with E-state index >= 15 is 0 Å². The lowest BCUT2D eigenvalue weighted by Gasteiger charge is -2.37. The van der Waals surface area contributed by atoms with Crippen LogP contribution in [0.3, 0.4) is 0 Å². The highest BCUT2D eigenvalue weighted by atomic mass is 19.1. The monoisotopic (exact) mass is 300 g/mol. The van der Waals surface area contributed by atoms with Crippen LogP contribution in [0.5, 0.6) is 0 Å². The second-order valence-electron chi connectivity index (χ2n) is 5.66. The van der Waals surface area contributed by atoms with Crippen molar-refractivity contribution >= 4 is 5.69 Å². The van der Waals surface area contributed by atoms with E-state index in [9.17, 15) is 9.50 Å². The lowest BCUT2D eigenvalue weighted by molar-refractivity contribution is 0.106. The molecule has 0 amide bonds. The van der Waals surface area contributed by atoms with Crippen LogP contribution < -0.4 is 4.90 Å². The minimum absolute atomic E-state index is 0.335. The maximum absolute atomic E-state index is 13.7. The molecule has 0 aromatic heterocycles. The van der Waals surface area contributed by atoms with Crippen LogP contribution in [0.4, 0.5) is 10.1 Å². The molecule has 1 aliphatic rings. The first-order valence-corrected chi connectivity index (χ1v) is 7.69. The molecule has 22 heavy (non-hydrogen) atoms. The van der Waals surface area contributed by atoms with Crippen LogP contribution in [-0.4, -0.2) is 42.7 Å². The van der Waals surface area contributed by atoms with Gasteiger partial charge in [0.25, 0.3) is 0 Å². The van der Waals surface area contributed by atoms with Crippen molar-refractivity contribution in [3.63, 3.8) is 0 Å². The third-order valence-corrected chi connectivity index (χ3v) is 4.19. The van der Waals surface area contributed by atoms with Gasteiger partial charge in [-0.2, -0.15) is 0 Å². The minimum atomic E-state index is -0.774. The number of aliphatic hydroxyl groups is 1. The number of anilines is 1. The molecule has 0 saturated carbocycles. The predicted octanol–water partition coefficient (Wildman–Crippen LogP) is 2.68. The Kier molecular flexibility index (Phi) is 4.71. The Hall–Kier alpha value is -1.91. The normalized spacial score (nSPS) is 17.5. The molecular formula is C18H21FN2O. The van der Waals surface area contributed by atoms with Crippen LogP contribution in [-0.2, 0) is 0 Å². The molecule has 1 N–H and O–H groups in total. The quantitative estimate of drug-likeness (QED) is 0.940. The van der Waals surface area contributed by atoms with E-state index in [0.717, 1.165) is 26.2 Å². The molecule has 4 heteroatoms. The van der Waals surface area contributed by atoms with Gasteiger partial charge in [0, 0.05) is 44.0 Å². The average molecular weight is 300 g/mol. The van der Waals surface area contributed by atoms with Gasteiger partial charge < -0.3 is 10.0 Å². The van der Waals surface area contributed by atoms with E-state index in [1.807, 2.05) is 18.2 Å². The van der Waals surface area contributed by atoms with Gasteiger partial charge in [0.2, 0.25) is 0 Å². The molecule has 1 atom stereocenters. The zero-order chi connectivity index (χ0) is 15.4. The number of halogens is 1. The van der Waals surface area contributed by atoms with Gasteiger partial charge in [0.15, 0.2) is 0 Å². The lowest BCUT2D eigenvalue weighted by atomic mass is 10.1. The molecule has 0 aliphatic carbocycles. The highest BCUT2D eigenvalue weighted by molar-refractivity contribution is 5.46. The molecule has 116 valence electrons. The number of rotatable bonds is 4. The Morgan fingerprint density at radius 2 is 1.55 bits per heavy atom. The number of benzene rings is 2. The van der Waals surface area contributed by atoms with Crippen LogP contribution in [0.15, 0.2) is 54.6 Å². The summed E-state index contributed by atoms with van der Waals surface area (Å²) in [7, 11) is 0. The van der Waals surface area contributed by atoms with Gasteiger partial charge in [0.1, 0.15) is 5.82 Å². The molecule has 2 aromatic carbocycles. The summed E-state index contributed by atoms with van der Waals surface area (Å²) >= 11 is 0. The van der Waals surface area contributed by atoms with Crippen molar-refractivity contribution in [1.29, 1.82) is 0 Å². The molecule has 0 bridgehead atoms. The first-order chi connectivity index (χ1) is 10.7. The Morgan fingerprint density at radius 1 is 0.909 bits per heavy atom. The Labute approximate surface area is 130 Å². The van der Waals surface area contributed by atoms with Crippen molar-refractivity contribution in [2.24, 2.45) is 0 Å². The predicted molar refractivity (Wildman–Crippen MR) is 86.5 cm³/mol. The number of hydrogen-bond donors (Lipinski definition) is 1. The summed E-state index contributed by atoms with van der Waals surface area (Å²) in [6.07, 6.45) is -0.774. The highest BCUT2D eigenvalue weighted by Gasteiger charge is 2.21. The summed E-state index contributed by atoms with van der Waals surface area (Å²) in [5.74, 6) is -0.335. The van der Waals surface area contributed by atoms with Crippen molar-refractivity contribution in [2.45, 2.75) is 6.10 Å². The molecule has 1 aliphatic heterocycles. The van der Waals surface area contributed by atoms with Crippen molar-refractivity contribution in [1.82, 2.24) is 4.90 Å². The second kappa shape index (κ2) is 6.90. The maximum atomic E-state index is 13.7. The summed E-state index contributed by atoms with van der Waals surface area (Å²) in [4.78, 5) is 4.53. The molecule has 1 unspecified atom stereocenters. The second-order valence-corrected chi connectivity index (χ2v) is 5.66. The van der Waals surface area contributed by atoms with Gasteiger partial charge in [0.05, 0.1) is 6.10 Å². The van der Waals surface area contributed by atoms with E-state index in [1.165, 1.54) is 11.8 Å². The van der Waals surface area contributed by atoms with E-state index in [-0.39, 0.29) is 5.82 Å². The minimum Gasteiger partial charge on any atom is -0.387 e. The number of hydrogen-bond acceptors (Lipinski definition) is 3. The average Bonchev–Trinajstić information content (AvgIpc) is 2.57. The fraction of sp³-hybridized carbons (Fsp3) is 0.333. The van der Waals surface area contributed by atoms with E-state index < -0.39 is 6.10 Å². The number of aliphatic hydroxyl groups excluding tert-OH is 1. The number of β-amino-alcohol motifs (C(OH)–C–C–N with tert-alkyl or cyclic N) is 1. The van der Waals surface area contributed by atoms with E-state index in [2.05, 4.69) is 21.9 Å². The van der Waals surface area contributed by atoms with Gasteiger partial charge >= 0.3 is 0 Å². The van der Waals surface area contributed by atoms with Crippen LogP contribution in [0.1, 0.15) is 11.7 Å². The number of nitrogens with zero attached hydrogens (tertiary/aromatic N) is 2. The smallest absolute Gasteiger partial charge is 0.129 e. The van der Waals surface area contributed by atoms with Gasteiger partial charge in [-0.05, 0) is 18.2 Å². The van der Waals surface area contributed by atoms with Crippen molar-refractivity contribution in [3.8, 4) is 0 Å². The van der Waals surface area contributed by atoms with Crippen LogP contribution in [0.2, 0.25) is 0 Å². The summed E-state index contributed by atoms with van der Waals surface area (Å²) in [5, 5.41) is 10.2. The van der Waals surface area contributed by atoms with Crippen molar-refractivity contribution in [2.75, 3.05) is 37.6 Å². The Bertz CT molecular complexity index is 597. The first kappa shape index (κ1) is 15.0. The fourth-order valence-electron chi connectivity index (χ4n) is 2.92. The van der Waals surface area contributed by atoms with Gasteiger partial charge in [-0.15, -0.1) is 0 Å². The molecule has 1 fully saturated rings. The van der Waals surface area contributed by atoms with Crippen molar-refractivity contribution in [3.05, 3.63) is 66.0 Å². The van der Waals surface area contributed by atoms with Gasteiger partial charge in [-0.3, -0.25) is 4.90 Å². The maximum Gasteiger partial charge on any atom is 0.129 e. The third kappa shape index (κ3) is 3.46. The molecule has 1 saturated heterocycles. The molecular weight excluding hydrogens is 279 g/mol. The van der Waals surface area contributed by atoms with Crippen molar-refractivity contribution < 1.29 is 9.50 Å². The number of piperazine rings is 1. The molecule has 3 nitrogen and oxygen atoms in total. The summed E-state index contributed by atoms with van der Waals surface area (Å²) in [6.45, 7) is 4.08. The fourth-order valence-corrected chi connectivity index (χ4v) is 2.92. The van der Waals surface area contributed by atoms with E-state index in [4.69, 9.17) is 0 Å². The van der Waals surface area contributed by atoms with E-state index in [0.29, 0.717) is 12.1 Å². The largest absolute Gasteiger partial charge is 0.387 e. The summed E-state index contributed by atoms with van der Waals surface area (Å²) in [5.41, 5.74) is 1.62.